The van der Waals surface area contributed by atoms with Crippen molar-refractivity contribution in [3.05, 3.63) is 29.3 Å². The molecule has 0 atom stereocenters. The molecule has 0 heterocycles. The third-order valence-electron chi connectivity index (χ3n) is 2.65. The van der Waals surface area contributed by atoms with Gasteiger partial charge in [0.15, 0.2) is 5.11 Å². The number of hydrazine groups is 1. The molecule has 0 bridgehead atoms. The number of amides is 1. The van der Waals surface area contributed by atoms with E-state index >= 15 is 0 Å². The lowest BCUT2D eigenvalue weighted by molar-refractivity contribution is -0.857. The highest BCUT2D eigenvalue weighted by Crippen LogP contribution is 2.13. The summed E-state index contributed by atoms with van der Waals surface area (Å²) in [5.74, 6) is -0.0734. The van der Waals surface area contributed by atoms with Crippen LogP contribution >= 0.6 is 12.2 Å². The Balaban J connectivity index is 2.38. The van der Waals surface area contributed by atoms with E-state index < -0.39 is 0 Å². The van der Waals surface area contributed by atoms with E-state index in [4.69, 9.17) is 12.2 Å². The summed E-state index contributed by atoms with van der Waals surface area (Å²) in [6, 6.07) is 6.09. The number of thiocarbonyl (C=S) groups is 1. The molecule has 4 N–H and O–H groups in total. The number of hydrogen-bond donors (Lipinski definition) is 4. The number of hydrogen-bond acceptors (Lipinski definition) is 2. The number of carbonyl (C=O) groups excluding carboxylic acids is 1. The number of anilines is 1. The summed E-state index contributed by atoms with van der Waals surface area (Å²) < 4.78 is 0. The fourth-order valence-corrected chi connectivity index (χ4v) is 1.93. The zero-order chi connectivity index (χ0) is 15.1. The Kier molecular flexibility index (Phi) is 6.41. The van der Waals surface area contributed by atoms with E-state index in [1.807, 2.05) is 40.1 Å². The van der Waals surface area contributed by atoms with Crippen molar-refractivity contribution in [1.29, 1.82) is 0 Å². The average molecular weight is 295 g/mol. The van der Waals surface area contributed by atoms with Crippen LogP contribution in [0.15, 0.2) is 18.2 Å². The van der Waals surface area contributed by atoms with Crippen molar-refractivity contribution in [2.24, 2.45) is 0 Å². The molecule has 20 heavy (non-hydrogen) atoms. The molecule has 1 amide bonds. The summed E-state index contributed by atoms with van der Waals surface area (Å²) in [4.78, 5) is 12.8. The average Bonchev–Trinajstić information content (AvgIpc) is 2.32. The first-order chi connectivity index (χ1) is 9.36. The quantitative estimate of drug-likeness (QED) is 0.472. The van der Waals surface area contributed by atoms with Crippen LogP contribution < -0.4 is 21.1 Å². The molecular formula is C14H23N4OS+. The van der Waals surface area contributed by atoms with Crippen LogP contribution in [0.4, 0.5) is 5.69 Å². The molecule has 0 aliphatic heterocycles. The van der Waals surface area contributed by atoms with Gasteiger partial charge >= 0.3 is 0 Å². The number of benzene rings is 1. The highest BCUT2D eigenvalue weighted by molar-refractivity contribution is 7.80. The second kappa shape index (κ2) is 7.81. The molecular weight excluding hydrogens is 272 g/mol. The Morgan fingerprint density at radius 3 is 2.30 bits per heavy atom. The molecule has 0 radical (unpaired) electrons. The van der Waals surface area contributed by atoms with Crippen molar-refractivity contribution in [1.82, 2.24) is 10.9 Å². The van der Waals surface area contributed by atoms with Crippen molar-refractivity contribution >= 4 is 28.9 Å². The predicted octanol–water partition coefficient (Wildman–Crippen LogP) is 0.156. The van der Waals surface area contributed by atoms with E-state index in [1.54, 1.807) is 0 Å². The highest BCUT2D eigenvalue weighted by atomic mass is 32.1. The molecule has 0 spiro atoms. The van der Waals surface area contributed by atoms with E-state index in [-0.39, 0.29) is 5.91 Å². The van der Waals surface area contributed by atoms with Crippen LogP contribution in [0.3, 0.4) is 0 Å². The van der Waals surface area contributed by atoms with Gasteiger partial charge in [0, 0.05) is 5.69 Å². The Labute approximate surface area is 125 Å². The number of rotatable bonds is 4. The maximum Gasteiger partial charge on any atom is 0.244 e. The van der Waals surface area contributed by atoms with Crippen molar-refractivity contribution in [3.63, 3.8) is 0 Å². The number of aryl methyl sites for hydroxylation is 2. The lowest BCUT2D eigenvalue weighted by atomic mass is 10.1. The molecule has 0 unspecified atom stereocenters. The first kappa shape index (κ1) is 16.4. The SMILES string of the molecule is Cc1cc(C)cc(NC(=S)NNC(=O)CC[NH+](C)C)c1. The van der Waals surface area contributed by atoms with Crippen LogP contribution in [-0.4, -0.2) is 31.7 Å². The normalized spacial score (nSPS) is 10.2. The second-order valence-corrected chi connectivity index (χ2v) is 5.62. The minimum Gasteiger partial charge on any atom is -0.339 e. The molecule has 0 aliphatic carbocycles. The number of nitrogens with one attached hydrogen (secondary N) is 4. The van der Waals surface area contributed by atoms with E-state index in [9.17, 15) is 4.79 Å². The van der Waals surface area contributed by atoms with Gasteiger partial charge in [-0.3, -0.25) is 15.6 Å². The molecule has 1 aromatic carbocycles. The summed E-state index contributed by atoms with van der Waals surface area (Å²) in [7, 11) is 4.01. The van der Waals surface area contributed by atoms with E-state index in [0.29, 0.717) is 11.5 Å². The van der Waals surface area contributed by atoms with Crippen LogP contribution in [0.25, 0.3) is 0 Å². The van der Waals surface area contributed by atoms with Gasteiger partial charge < -0.3 is 10.2 Å². The first-order valence-corrected chi connectivity index (χ1v) is 7.01. The highest BCUT2D eigenvalue weighted by Gasteiger charge is 2.05. The maximum absolute atomic E-state index is 11.5. The minimum atomic E-state index is -0.0734. The van der Waals surface area contributed by atoms with Gasteiger partial charge in [-0.05, 0) is 49.3 Å². The largest absolute Gasteiger partial charge is 0.339 e. The fraction of sp³-hybridized carbons (Fsp3) is 0.429. The van der Waals surface area contributed by atoms with Crippen LogP contribution in [0, 0.1) is 13.8 Å². The van der Waals surface area contributed by atoms with Gasteiger partial charge in [-0.15, -0.1) is 0 Å². The van der Waals surface area contributed by atoms with Crippen LogP contribution in [0.1, 0.15) is 17.5 Å². The maximum atomic E-state index is 11.5. The van der Waals surface area contributed by atoms with Crippen molar-refractivity contribution in [2.45, 2.75) is 20.3 Å². The van der Waals surface area contributed by atoms with Crippen LogP contribution in [-0.2, 0) is 4.79 Å². The molecule has 0 fully saturated rings. The summed E-state index contributed by atoms with van der Waals surface area (Å²) in [6.07, 6.45) is 0.460. The Hall–Kier alpha value is -1.66. The zero-order valence-corrected chi connectivity index (χ0v) is 13.3. The van der Waals surface area contributed by atoms with Crippen LogP contribution in [0.5, 0.6) is 0 Å². The zero-order valence-electron chi connectivity index (χ0n) is 12.5. The topological polar surface area (TPSA) is 57.6 Å². The standard InChI is InChI=1S/C14H22N4OS/c1-10-7-11(2)9-12(8-10)15-14(20)17-16-13(19)5-6-18(3)4/h7-9H,5-6H2,1-4H3,(H,16,19)(H2,15,17,20)/p+1. The van der Waals surface area contributed by atoms with Crippen molar-refractivity contribution < 1.29 is 9.69 Å². The molecule has 0 saturated carbocycles. The predicted molar refractivity (Wildman–Crippen MR) is 85.7 cm³/mol. The third kappa shape index (κ3) is 6.49. The summed E-state index contributed by atoms with van der Waals surface area (Å²) >= 11 is 5.13. The van der Waals surface area contributed by atoms with E-state index in [1.165, 1.54) is 4.90 Å². The Morgan fingerprint density at radius 1 is 1.15 bits per heavy atom. The van der Waals surface area contributed by atoms with Gasteiger partial charge in [0.2, 0.25) is 5.91 Å². The van der Waals surface area contributed by atoms with Gasteiger partial charge in [0.05, 0.1) is 27.1 Å². The molecule has 0 aliphatic rings. The third-order valence-corrected chi connectivity index (χ3v) is 2.85. The van der Waals surface area contributed by atoms with Gasteiger partial charge in [0.25, 0.3) is 0 Å². The molecule has 1 rings (SSSR count). The lowest BCUT2D eigenvalue weighted by Gasteiger charge is -2.13. The first-order valence-electron chi connectivity index (χ1n) is 6.60. The Bertz CT molecular complexity index is 468. The van der Waals surface area contributed by atoms with Gasteiger partial charge in [0.1, 0.15) is 0 Å². The molecule has 0 saturated heterocycles. The Morgan fingerprint density at radius 2 is 1.75 bits per heavy atom. The second-order valence-electron chi connectivity index (χ2n) is 5.21. The minimum absolute atomic E-state index is 0.0734. The van der Waals surface area contributed by atoms with Crippen LogP contribution in [0.2, 0.25) is 0 Å². The number of carbonyl (C=O) groups is 1. The van der Waals surface area contributed by atoms with Crippen molar-refractivity contribution in [3.8, 4) is 0 Å². The monoisotopic (exact) mass is 295 g/mol. The summed E-state index contributed by atoms with van der Waals surface area (Å²) in [5.41, 5.74) is 8.52. The van der Waals surface area contributed by atoms with Crippen molar-refractivity contribution in [2.75, 3.05) is 26.0 Å². The van der Waals surface area contributed by atoms with E-state index in [2.05, 4.69) is 22.2 Å². The number of quaternary nitrogens is 1. The lowest BCUT2D eigenvalue weighted by Crippen LogP contribution is -3.05. The summed E-state index contributed by atoms with van der Waals surface area (Å²) in [6.45, 7) is 4.84. The van der Waals surface area contributed by atoms with Gasteiger partial charge in [-0.1, -0.05) is 6.07 Å². The summed E-state index contributed by atoms with van der Waals surface area (Å²) in [5, 5.41) is 3.42. The fourth-order valence-electron chi connectivity index (χ4n) is 1.76. The molecule has 110 valence electrons. The molecule has 5 nitrogen and oxygen atoms in total. The molecule has 1 aromatic rings. The van der Waals surface area contributed by atoms with Gasteiger partial charge in [-0.2, -0.15) is 0 Å². The van der Waals surface area contributed by atoms with E-state index in [0.717, 1.165) is 23.4 Å². The smallest absolute Gasteiger partial charge is 0.244 e. The van der Waals surface area contributed by atoms with Gasteiger partial charge in [-0.25, -0.2) is 0 Å². The molecule has 6 heteroatoms. The molecule has 0 aromatic heterocycles.